The first-order chi connectivity index (χ1) is 33.0. The predicted molar refractivity (Wildman–Crippen MR) is 271 cm³/mol. The zero-order chi connectivity index (χ0) is 51.3. The van der Waals surface area contributed by atoms with E-state index in [9.17, 15) is 45.1 Å². The van der Waals surface area contributed by atoms with E-state index in [-0.39, 0.29) is 69.1 Å². The number of nitrogens with zero attached hydrogens (tertiary/aromatic N) is 2. The zero-order valence-electron chi connectivity index (χ0n) is 40.8. The Balaban J connectivity index is 1.28. The molecule has 1 unspecified atom stereocenters. The van der Waals surface area contributed by atoms with Gasteiger partial charge in [0.05, 0.1) is 23.0 Å². The lowest BCUT2D eigenvalue weighted by Gasteiger charge is -2.30. The second kappa shape index (κ2) is 24.3. The van der Waals surface area contributed by atoms with Gasteiger partial charge in [0.15, 0.2) is 11.5 Å². The van der Waals surface area contributed by atoms with Crippen LogP contribution in [0.5, 0.6) is 0 Å². The van der Waals surface area contributed by atoms with Gasteiger partial charge in [-0.3, -0.25) is 23.5 Å². The first-order valence-corrected chi connectivity index (χ1v) is 26.9. The Bertz CT molecular complexity index is 2750. The van der Waals surface area contributed by atoms with Crippen LogP contribution in [0.15, 0.2) is 103 Å². The number of allylic oxidation sites excluding steroid dienone is 6. The van der Waals surface area contributed by atoms with E-state index in [1.165, 1.54) is 0 Å². The molecular weight excluding hydrogens is 935 g/mol. The predicted octanol–water partition coefficient (Wildman–Crippen LogP) is 7.21. The maximum atomic E-state index is 13.2. The van der Waals surface area contributed by atoms with Crippen molar-refractivity contribution in [3.05, 3.63) is 131 Å². The van der Waals surface area contributed by atoms with E-state index in [0.29, 0.717) is 32.4 Å². The molecule has 0 radical (unpaired) electrons. The number of nitrogens with one attached hydrogen (secondary N) is 2. The number of primary amides is 1. The number of aryl methyl sites for hydroxylation is 2. The van der Waals surface area contributed by atoms with Crippen LogP contribution in [0, 0.1) is 13.8 Å². The summed E-state index contributed by atoms with van der Waals surface area (Å²) in [4.78, 5) is 52.5. The Morgan fingerprint density at radius 1 is 0.814 bits per heavy atom. The van der Waals surface area contributed by atoms with Crippen LogP contribution >= 0.6 is 0 Å². The molecule has 18 heteroatoms. The van der Waals surface area contributed by atoms with Crippen molar-refractivity contribution in [1.82, 2.24) is 10.6 Å². The van der Waals surface area contributed by atoms with Crippen LogP contribution in [0.2, 0.25) is 0 Å². The minimum Gasteiger partial charge on any atom is -0.445 e. The largest absolute Gasteiger partial charge is 0.445 e. The number of hydrogen-bond donors (Lipinski definition) is 5. The van der Waals surface area contributed by atoms with Crippen molar-refractivity contribution >= 4 is 61.0 Å². The molecule has 3 aromatic carbocycles. The van der Waals surface area contributed by atoms with Crippen LogP contribution < -0.4 is 21.3 Å². The summed E-state index contributed by atoms with van der Waals surface area (Å²) in [5.74, 6) is -1.91. The third-order valence-electron chi connectivity index (χ3n) is 12.8. The topological polar surface area (TPSA) is 243 Å². The minimum absolute atomic E-state index is 0.00468. The smallest absolute Gasteiger partial charge is 0.408 e. The van der Waals surface area contributed by atoms with E-state index >= 15 is 0 Å². The number of carbonyl (C=O) groups excluding carboxylic acids is 4. The van der Waals surface area contributed by atoms with Crippen molar-refractivity contribution in [3.8, 4) is 0 Å². The molecule has 0 fully saturated rings. The number of rotatable bonds is 26. The maximum Gasteiger partial charge on any atom is 0.408 e. The van der Waals surface area contributed by atoms with Crippen molar-refractivity contribution in [2.75, 3.05) is 36.0 Å². The molecule has 5 rings (SSSR count). The number of hydrogen-bond acceptors (Lipinski definition) is 10. The Kier molecular flexibility index (Phi) is 19.0. The second-order valence-corrected chi connectivity index (χ2v) is 21.9. The van der Waals surface area contributed by atoms with Crippen molar-refractivity contribution in [3.63, 3.8) is 0 Å². The molecule has 2 atom stereocenters. The number of ether oxygens (including phenoxy) is 1. The summed E-state index contributed by atoms with van der Waals surface area (Å²) in [6, 6.07) is 20.3. The van der Waals surface area contributed by atoms with E-state index < -0.39 is 54.9 Å². The van der Waals surface area contributed by atoms with E-state index in [1.54, 1.807) is 12.1 Å². The number of nitrogens with two attached hydrogens (primary N) is 1. The van der Waals surface area contributed by atoms with Crippen molar-refractivity contribution in [2.24, 2.45) is 5.73 Å². The fraction of sp³-hybridized carbons (Fsp3) is 0.442. The van der Waals surface area contributed by atoms with Gasteiger partial charge in [-0.2, -0.15) is 21.4 Å². The summed E-state index contributed by atoms with van der Waals surface area (Å²) in [5.41, 5.74) is 13.1. The molecule has 2 aliphatic heterocycles. The quantitative estimate of drug-likeness (QED) is 0.0232. The fourth-order valence-electron chi connectivity index (χ4n) is 9.23. The Hall–Kier alpha value is -5.95. The summed E-state index contributed by atoms with van der Waals surface area (Å²) in [6.07, 6.45) is 10.8. The number of alkyl carbamates (subject to hydrolysis) is 1. The number of Topliss-reactive ketones (excluding diaryl/α,β-unsaturated/α-hetero) is 1. The normalized spacial score (nSPS) is 17.5. The lowest BCUT2D eigenvalue weighted by Crippen LogP contribution is -2.42. The molecule has 0 saturated heterocycles. The first kappa shape index (κ1) is 55.0. The number of fused-ring (bicyclic) bond motifs is 2. The summed E-state index contributed by atoms with van der Waals surface area (Å²) in [7, 11) is -8.35. The third kappa shape index (κ3) is 15.5. The zero-order valence-corrected chi connectivity index (χ0v) is 42.4. The number of carbonyl (C=O) groups is 4. The summed E-state index contributed by atoms with van der Waals surface area (Å²) in [6.45, 7) is 11.3. The van der Waals surface area contributed by atoms with Crippen molar-refractivity contribution in [2.45, 2.75) is 116 Å². The third-order valence-corrected chi connectivity index (χ3v) is 14.4. The van der Waals surface area contributed by atoms with Gasteiger partial charge < -0.3 is 26.0 Å². The average molecular weight is 1000 g/mol. The molecule has 0 spiro atoms. The van der Waals surface area contributed by atoms with Gasteiger partial charge in [0.25, 0.3) is 20.2 Å². The number of anilines is 1. The summed E-state index contributed by atoms with van der Waals surface area (Å²) >= 11 is 0. The standard InChI is InChI=1S/C52H67N5O11S2/c1-37-22-25-43-40(34-37)51(3,4)46(56(43)30-14-32-69(62,63)64)19-10-7-11-20-47-52(5,41-35-38(2)23-26-44(41)57(47)31-15-33-70(65,66)67)28-12-21-49(60)54-29-13-18-45(58)42(24-27-48(53)59)55-50(61)68-36-39-16-8-6-9-17-39/h6-11,16-17,19-20,22-23,25-26,34-35,42H,12-15,18,21,24,27-33,36H2,1-5H3,(H5-,53,54,55,59,60,61,62,63,64,65,66,67)/p+1/t42-,52?/m0/s1. The molecule has 2 heterocycles. The van der Waals surface area contributed by atoms with E-state index in [4.69, 9.17) is 10.5 Å². The highest BCUT2D eigenvalue weighted by molar-refractivity contribution is 7.86. The van der Waals surface area contributed by atoms with Crippen LogP contribution in [0.3, 0.4) is 0 Å². The van der Waals surface area contributed by atoms with Gasteiger partial charge in [-0.1, -0.05) is 77.9 Å². The second-order valence-electron chi connectivity index (χ2n) is 18.8. The molecule has 0 bridgehead atoms. The first-order valence-electron chi connectivity index (χ1n) is 23.6. The van der Waals surface area contributed by atoms with Gasteiger partial charge in [-0.05, 0) is 96.1 Å². The van der Waals surface area contributed by atoms with Crippen LogP contribution in [-0.2, 0) is 56.8 Å². The molecule has 3 amide bonds. The SMILES string of the molecule is Cc1ccc2c(c1)C(C)(C)C(/C=C/C=C/C=C1\N(CCCS(=O)(=O)O)c3ccc(C)cc3C1(C)CCCC(=O)NCCCC(=O)[C@H](CCC(N)=O)NC(=O)OCc1ccccc1)=[N+]2CCCS(=O)(=O)O. The average Bonchev–Trinajstić information content (AvgIpc) is 3.63. The molecule has 0 aromatic heterocycles. The summed E-state index contributed by atoms with van der Waals surface area (Å²) in [5, 5.41) is 5.45. The van der Waals surface area contributed by atoms with Crippen LogP contribution in [-0.4, -0.2) is 97.1 Å². The number of benzene rings is 3. The Morgan fingerprint density at radius 3 is 2.17 bits per heavy atom. The molecule has 0 saturated carbocycles. The fourth-order valence-corrected chi connectivity index (χ4v) is 10.2. The molecule has 70 heavy (non-hydrogen) atoms. The van der Waals surface area contributed by atoms with Crippen LogP contribution in [0.1, 0.15) is 106 Å². The lowest BCUT2D eigenvalue weighted by molar-refractivity contribution is -0.437. The minimum atomic E-state index is -4.21. The monoisotopic (exact) mass is 1000 g/mol. The molecule has 6 N–H and O–H groups in total. The molecule has 378 valence electrons. The van der Waals surface area contributed by atoms with Gasteiger partial charge in [0.2, 0.25) is 17.5 Å². The lowest BCUT2D eigenvalue weighted by atomic mass is 9.76. The van der Waals surface area contributed by atoms with Crippen LogP contribution in [0.25, 0.3) is 0 Å². The molecule has 3 aromatic rings. The molecule has 16 nitrogen and oxygen atoms in total. The molecule has 2 aliphatic rings. The van der Waals surface area contributed by atoms with E-state index in [1.807, 2.05) is 86.7 Å². The highest BCUT2D eigenvalue weighted by atomic mass is 32.2. The van der Waals surface area contributed by atoms with E-state index in [2.05, 4.69) is 53.0 Å². The Labute approximate surface area is 412 Å². The van der Waals surface area contributed by atoms with Gasteiger partial charge in [0, 0.05) is 73.3 Å². The Morgan fingerprint density at radius 2 is 1.49 bits per heavy atom. The molecular formula is C52H68N5O11S2+. The maximum absolute atomic E-state index is 13.2. The van der Waals surface area contributed by atoms with Crippen molar-refractivity contribution < 1.29 is 54.4 Å². The highest BCUT2D eigenvalue weighted by Crippen LogP contribution is 2.51. The highest BCUT2D eigenvalue weighted by Gasteiger charge is 2.45. The van der Waals surface area contributed by atoms with Gasteiger partial charge in [-0.25, -0.2) is 4.79 Å². The van der Waals surface area contributed by atoms with Crippen molar-refractivity contribution in [1.29, 1.82) is 0 Å². The van der Waals surface area contributed by atoms with Gasteiger partial charge in [0.1, 0.15) is 13.2 Å². The van der Waals surface area contributed by atoms with Gasteiger partial charge >= 0.3 is 6.09 Å². The van der Waals surface area contributed by atoms with E-state index in [0.717, 1.165) is 50.6 Å². The van der Waals surface area contributed by atoms with Crippen LogP contribution in [0.4, 0.5) is 16.2 Å². The van der Waals surface area contributed by atoms with Gasteiger partial charge in [-0.15, -0.1) is 0 Å². The summed E-state index contributed by atoms with van der Waals surface area (Å²) < 4.78 is 73.2. The molecule has 0 aliphatic carbocycles. The number of amides is 3. The number of ketones is 1.